The summed E-state index contributed by atoms with van der Waals surface area (Å²) < 4.78 is 51.1. The molecule has 0 aromatic carbocycles. The lowest BCUT2D eigenvalue weighted by Crippen LogP contribution is -2.41. The van der Waals surface area contributed by atoms with E-state index in [1.165, 1.54) is 0 Å². The largest absolute Gasteiger partial charge is 0.462 e. The normalized spacial score (nSPS) is 12.9. The molecule has 0 saturated carbocycles. The van der Waals surface area contributed by atoms with Crippen LogP contribution in [0.15, 0.2) is 16.9 Å². The first-order valence-corrected chi connectivity index (χ1v) is 11.8. The van der Waals surface area contributed by atoms with Crippen molar-refractivity contribution in [1.29, 1.82) is 0 Å². The first kappa shape index (κ1) is 23.4. The van der Waals surface area contributed by atoms with Crippen LogP contribution in [0.4, 0.5) is 13.2 Å². The second-order valence-electron chi connectivity index (χ2n) is 7.77. The van der Waals surface area contributed by atoms with E-state index in [0.29, 0.717) is 4.57 Å². The zero-order valence-electron chi connectivity index (χ0n) is 16.7. The average molecular weight is 408 g/mol. The standard InChI is InChI=1S/C18H28F3NO4Si/c1-7-25-16(24)13-9-10-14(18(19,20)21)22(15(13)23)11-8-12-26-27(5,6)17(2,3)4/h9-10H,7-8,11-12H2,1-6H3. The Hall–Kier alpha value is -1.61. The molecule has 0 aliphatic heterocycles. The second-order valence-corrected chi connectivity index (χ2v) is 12.6. The Labute approximate surface area is 158 Å². The average Bonchev–Trinajstić information content (AvgIpc) is 2.50. The fraction of sp³-hybridized carbons (Fsp3) is 0.667. The van der Waals surface area contributed by atoms with E-state index < -0.39 is 37.3 Å². The molecule has 0 amide bonds. The van der Waals surface area contributed by atoms with Crippen molar-refractivity contribution in [2.24, 2.45) is 0 Å². The molecule has 0 aliphatic carbocycles. The maximum absolute atomic E-state index is 13.3. The minimum atomic E-state index is -4.70. The van der Waals surface area contributed by atoms with Gasteiger partial charge in [0.1, 0.15) is 11.3 Å². The summed E-state index contributed by atoms with van der Waals surface area (Å²) in [6, 6.07) is 1.61. The highest BCUT2D eigenvalue weighted by Crippen LogP contribution is 2.36. The van der Waals surface area contributed by atoms with Crippen LogP contribution in [0.25, 0.3) is 0 Å². The molecule has 1 aromatic rings. The van der Waals surface area contributed by atoms with Crippen LogP contribution < -0.4 is 5.56 Å². The molecule has 0 spiro atoms. The molecule has 0 aliphatic rings. The molecule has 0 fully saturated rings. The van der Waals surface area contributed by atoms with E-state index in [1.54, 1.807) is 6.92 Å². The van der Waals surface area contributed by atoms with Gasteiger partial charge in [0.15, 0.2) is 8.32 Å². The van der Waals surface area contributed by atoms with E-state index in [2.05, 4.69) is 20.8 Å². The zero-order valence-corrected chi connectivity index (χ0v) is 17.7. The van der Waals surface area contributed by atoms with Gasteiger partial charge >= 0.3 is 12.1 Å². The molecule has 1 aromatic heterocycles. The zero-order chi connectivity index (χ0) is 21.0. The van der Waals surface area contributed by atoms with Gasteiger partial charge in [0.25, 0.3) is 5.56 Å². The van der Waals surface area contributed by atoms with Crippen LogP contribution in [-0.2, 0) is 21.9 Å². The summed E-state index contributed by atoms with van der Waals surface area (Å²) in [7, 11) is -2.03. The molecule has 0 bridgehead atoms. The molecule has 5 nitrogen and oxygen atoms in total. The fourth-order valence-electron chi connectivity index (χ4n) is 2.18. The summed E-state index contributed by atoms with van der Waals surface area (Å²) in [6.45, 7) is 11.9. The molecule has 0 radical (unpaired) electrons. The Balaban J connectivity index is 3.05. The van der Waals surface area contributed by atoms with Crippen molar-refractivity contribution in [3.63, 3.8) is 0 Å². The van der Waals surface area contributed by atoms with Gasteiger partial charge in [-0.3, -0.25) is 4.79 Å². The van der Waals surface area contributed by atoms with Crippen molar-refractivity contribution < 1.29 is 27.1 Å². The molecule has 154 valence electrons. The second kappa shape index (κ2) is 8.60. The fourth-order valence-corrected chi connectivity index (χ4v) is 3.27. The van der Waals surface area contributed by atoms with Crippen LogP contribution in [0.5, 0.6) is 0 Å². The third-order valence-electron chi connectivity index (χ3n) is 4.76. The van der Waals surface area contributed by atoms with Gasteiger partial charge in [-0.05, 0) is 43.6 Å². The smallest absolute Gasteiger partial charge is 0.431 e. The van der Waals surface area contributed by atoms with Crippen molar-refractivity contribution in [3.8, 4) is 0 Å². The van der Waals surface area contributed by atoms with Crippen molar-refractivity contribution in [2.45, 2.75) is 65.0 Å². The van der Waals surface area contributed by atoms with E-state index in [4.69, 9.17) is 9.16 Å². The highest BCUT2D eigenvalue weighted by molar-refractivity contribution is 6.74. The van der Waals surface area contributed by atoms with Gasteiger partial charge in [-0.2, -0.15) is 13.2 Å². The summed E-state index contributed by atoms with van der Waals surface area (Å²) in [4.78, 5) is 24.2. The number of ether oxygens (including phenoxy) is 1. The van der Waals surface area contributed by atoms with Crippen LogP contribution in [0, 0.1) is 0 Å². The maximum atomic E-state index is 13.3. The maximum Gasteiger partial charge on any atom is 0.431 e. The molecule has 27 heavy (non-hydrogen) atoms. The van der Waals surface area contributed by atoms with Gasteiger partial charge in [0.05, 0.1) is 6.61 Å². The topological polar surface area (TPSA) is 57.5 Å². The van der Waals surface area contributed by atoms with Crippen LogP contribution in [0.1, 0.15) is 50.2 Å². The third kappa shape index (κ3) is 5.93. The third-order valence-corrected chi connectivity index (χ3v) is 9.29. The summed E-state index contributed by atoms with van der Waals surface area (Å²) in [6.07, 6.45) is -4.48. The molecule has 1 rings (SSSR count). The SMILES string of the molecule is CCOC(=O)c1ccc(C(F)(F)F)n(CCCO[Si](C)(C)C(C)(C)C)c1=O. The summed E-state index contributed by atoms with van der Waals surface area (Å²) in [5.74, 6) is -0.928. The predicted molar refractivity (Wildman–Crippen MR) is 99.4 cm³/mol. The van der Waals surface area contributed by atoms with Gasteiger partial charge in [-0.15, -0.1) is 0 Å². The number of carbonyl (C=O) groups is 1. The first-order valence-electron chi connectivity index (χ1n) is 8.84. The number of hydrogen-bond acceptors (Lipinski definition) is 4. The molecule has 0 atom stereocenters. The van der Waals surface area contributed by atoms with Crippen LogP contribution in [0.2, 0.25) is 18.1 Å². The van der Waals surface area contributed by atoms with Gasteiger partial charge in [0, 0.05) is 13.2 Å². The molecule has 0 N–H and O–H groups in total. The predicted octanol–water partition coefficient (Wildman–Crippen LogP) is 4.46. The minimum Gasteiger partial charge on any atom is -0.462 e. The van der Waals surface area contributed by atoms with E-state index in [-0.39, 0.29) is 31.2 Å². The van der Waals surface area contributed by atoms with E-state index in [9.17, 15) is 22.8 Å². The number of alkyl halides is 3. The van der Waals surface area contributed by atoms with Crippen molar-refractivity contribution in [3.05, 3.63) is 33.7 Å². The quantitative estimate of drug-likeness (QED) is 0.381. The Bertz CT molecular complexity index is 721. The number of halogens is 3. The number of hydrogen-bond donors (Lipinski definition) is 0. The van der Waals surface area contributed by atoms with Crippen LogP contribution in [-0.4, -0.2) is 32.1 Å². The van der Waals surface area contributed by atoms with E-state index >= 15 is 0 Å². The van der Waals surface area contributed by atoms with Gasteiger partial charge in [-0.1, -0.05) is 20.8 Å². The Morgan fingerprint density at radius 2 is 1.78 bits per heavy atom. The number of carbonyl (C=O) groups excluding carboxylic acids is 1. The van der Waals surface area contributed by atoms with Crippen molar-refractivity contribution >= 4 is 14.3 Å². The lowest BCUT2D eigenvalue weighted by atomic mass is 10.2. The lowest BCUT2D eigenvalue weighted by Gasteiger charge is -2.36. The summed E-state index contributed by atoms with van der Waals surface area (Å²) in [5, 5.41) is -0.0230. The minimum absolute atomic E-state index is 0.0230. The lowest BCUT2D eigenvalue weighted by molar-refractivity contribution is -0.144. The summed E-state index contributed by atoms with van der Waals surface area (Å²) in [5.41, 5.74) is -2.50. The Kier molecular flexibility index (Phi) is 7.46. The van der Waals surface area contributed by atoms with Gasteiger partial charge in [0.2, 0.25) is 0 Å². The number of aromatic nitrogens is 1. The molecular formula is C18H28F3NO4Si. The Morgan fingerprint density at radius 1 is 1.19 bits per heavy atom. The molecule has 1 heterocycles. The molecule has 9 heteroatoms. The molecule has 0 unspecified atom stereocenters. The van der Waals surface area contributed by atoms with Crippen LogP contribution >= 0.6 is 0 Å². The number of nitrogens with zero attached hydrogens (tertiary/aromatic N) is 1. The molecular weight excluding hydrogens is 379 g/mol. The monoisotopic (exact) mass is 407 g/mol. The van der Waals surface area contributed by atoms with Crippen LogP contribution in [0.3, 0.4) is 0 Å². The molecule has 0 saturated heterocycles. The highest BCUT2D eigenvalue weighted by atomic mass is 28.4. The van der Waals surface area contributed by atoms with Gasteiger partial charge in [-0.25, -0.2) is 4.79 Å². The number of esters is 1. The number of pyridine rings is 1. The van der Waals surface area contributed by atoms with E-state index in [0.717, 1.165) is 12.1 Å². The van der Waals surface area contributed by atoms with E-state index in [1.807, 2.05) is 13.1 Å². The number of rotatable bonds is 7. The summed E-state index contributed by atoms with van der Waals surface area (Å²) >= 11 is 0. The van der Waals surface area contributed by atoms with Crippen molar-refractivity contribution in [1.82, 2.24) is 4.57 Å². The first-order chi connectivity index (χ1) is 12.2. The highest BCUT2D eigenvalue weighted by Gasteiger charge is 2.37. The van der Waals surface area contributed by atoms with Gasteiger partial charge < -0.3 is 13.7 Å². The Morgan fingerprint density at radius 3 is 2.26 bits per heavy atom. The van der Waals surface area contributed by atoms with Crippen molar-refractivity contribution in [2.75, 3.05) is 13.2 Å².